The van der Waals surface area contributed by atoms with Gasteiger partial charge in [0.25, 0.3) is 0 Å². The Morgan fingerprint density at radius 2 is 1.96 bits per heavy atom. The highest BCUT2D eigenvalue weighted by Crippen LogP contribution is 2.36. The van der Waals surface area contributed by atoms with Crippen LogP contribution in [0, 0.1) is 5.82 Å². The Labute approximate surface area is 163 Å². The summed E-state index contributed by atoms with van der Waals surface area (Å²) in [7, 11) is 0. The maximum absolute atomic E-state index is 13.5. The number of para-hydroxylation sites is 1. The molecule has 0 aliphatic carbocycles. The molecule has 1 unspecified atom stereocenters. The molecule has 0 fully saturated rings. The monoisotopic (exact) mass is 378 g/mol. The first-order valence-electron chi connectivity index (χ1n) is 9.56. The first kappa shape index (κ1) is 18.2. The number of fused-ring (bicyclic) bond motifs is 1. The van der Waals surface area contributed by atoms with Crippen LogP contribution >= 0.6 is 0 Å². The van der Waals surface area contributed by atoms with E-state index in [0.29, 0.717) is 12.5 Å². The van der Waals surface area contributed by atoms with Crippen LogP contribution < -0.4 is 4.90 Å². The van der Waals surface area contributed by atoms with Gasteiger partial charge in [-0.2, -0.15) is 0 Å². The van der Waals surface area contributed by atoms with Crippen LogP contribution in [0.4, 0.5) is 10.1 Å². The number of H-pyrrole nitrogens is 1. The van der Waals surface area contributed by atoms with Crippen molar-refractivity contribution in [2.75, 3.05) is 18.1 Å². The first-order valence-corrected chi connectivity index (χ1v) is 9.56. The zero-order valence-corrected chi connectivity index (χ0v) is 15.8. The van der Waals surface area contributed by atoms with Crippen molar-refractivity contribution in [2.45, 2.75) is 25.9 Å². The number of imidazole rings is 1. The van der Waals surface area contributed by atoms with Crippen molar-refractivity contribution in [3.63, 3.8) is 0 Å². The smallest absolute Gasteiger partial charge is 0.220 e. The number of ether oxygens (including phenoxy) is 1. The van der Waals surface area contributed by atoms with Crippen LogP contribution in [0.5, 0.6) is 0 Å². The van der Waals surface area contributed by atoms with E-state index in [0.717, 1.165) is 42.0 Å². The van der Waals surface area contributed by atoms with Crippen LogP contribution in [-0.2, 0) is 11.2 Å². The molecule has 0 amide bonds. The second-order valence-corrected chi connectivity index (χ2v) is 6.64. The van der Waals surface area contributed by atoms with Crippen molar-refractivity contribution in [1.82, 2.24) is 9.97 Å². The van der Waals surface area contributed by atoms with Crippen molar-refractivity contribution in [1.29, 1.82) is 0 Å². The third kappa shape index (κ3) is 3.76. The maximum Gasteiger partial charge on any atom is 0.220 e. The molecule has 2 heterocycles. The lowest BCUT2D eigenvalue weighted by atomic mass is 10.0. The second-order valence-electron chi connectivity index (χ2n) is 6.64. The van der Waals surface area contributed by atoms with Gasteiger partial charge in [-0.05, 0) is 43.2 Å². The van der Waals surface area contributed by atoms with Gasteiger partial charge in [0.1, 0.15) is 11.6 Å². The number of benzene rings is 2. The average molecular weight is 378 g/mol. The van der Waals surface area contributed by atoms with Crippen molar-refractivity contribution >= 4 is 11.6 Å². The normalized spacial score (nSPS) is 15.9. The maximum atomic E-state index is 13.5. The van der Waals surface area contributed by atoms with Gasteiger partial charge in [-0.25, -0.2) is 14.4 Å². The lowest BCUT2D eigenvalue weighted by Gasteiger charge is -2.36. The molecule has 0 radical (unpaired) electrons. The standard InChI is InChI=1S/C22H23FN4O/c1-2-28-22-18-6-3-4-7-19(18)27(15-5-8-20-24-13-14-25-20)21(26-22)16-9-11-17(23)12-10-16/h3-4,6-7,9-14,21H,2,5,8,15H2,1H3,(H,24,25). The molecule has 6 heteroatoms. The summed E-state index contributed by atoms with van der Waals surface area (Å²) in [6, 6.07) is 14.7. The van der Waals surface area contributed by atoms with Gasteiger partial charge in [-0.3, -0.25) is 0 Å². The fraction of sp³-hybridized carbons (Fsp3) is 0.273. The number of anilines is 1. The van der Waals surface area contributed by atoms with E-state index in [4.69, 9.17) is 9.73 Å². The van der Waals surface area contributed by atoms with Gasteiger partial charge in [0.15, 0.2) is 6.17 Å². The summed E-state index contributed by atoms with van der Waals surface area (Å²) in [5.41, 5.74) is 3.00. The minimum Gasteiger partial charge on any atom is -0.478 e. The van der Waals surface area contributed by atoms with E-state index in [9.17, 15) is 4.39 Å². The fourth-order valence-corrected chi connectivity index (χ4v) is 3.52. The van der Waals surface area contributed by atoms with Gasteiger partial charge < -0.3 is 14.6 Å². The molecular formula is C22H23FN4O. The summed E-state index contributed by atoms with van der Waals surface area (Å²) < 4.78 is 19.3. The molecule has 144 valence electrons. The summed E-state index contributed by atoms with van der Waals surface area (Å²) >= 11 is 0. The molecule has 0 bridgehead atoms. The molecule has 1 atom stereocenters. The Hall–Kier alpha value is -3.15. The van der Waals surface area contributed by atoms with Gasteiger partial charge in [-0.15, -0.1) is 0 Å². The number of aryl methyl sites for hydroxylation is 1. The topological polar surface area (TPSA) is 53.5 Å². The average Bonchev–Trinajstić information content (AvgIpc) is 3.23. The van der Waals surface area contributed by atoms with Gasteiger partial charge in [0.05, 0.1) is 17.9 Å². The SMILES string of the molecule is CCOC1=NC(c2ccc(F)cc2)N(CCCc2ncc[nH]2)c2ccccc21. The van der Waals surface area contributed by atoms with Crippen LogP contribution in [0.3, 0.4) is 0 Å². The number of hydrogen-bond donors (Lipinski definition) is 1. The Bertz CT molecular complexity index is 937. The Balaban J connectivity index is 1.67. The van der Waals surface area contributed by atoms with E-state index in [1.165, 1.54) is 12.1 Å². The number of aliphatic imine (C=N–C) groups is 1. The predicted octanol–water partition coefficient (Wildman–Crippen LogP) is 4.48. The molecule has 1 aliphatic rings. The number of aromatic amines is 1. The van der Waals surface area contributed by atoms with Gasteiger partial charge in [0, 0.05) is 25.4 Å². The lowest BCUT2D eigenvalue weighted by molar-refractivity contribution is 0.322. The number of aromatic nitrogens is 2. The molecule has 1 aromatic heterocycles. The lowest BCUT2D eigenvalue weighted by Crippen LogP contribution is -2.35. The number of hydrogen-bond acceptors (Lipinski definition) is 4. The van der Waals surface area contributed by atoms with Crippen molar-refractivity contribution in [3.8, 4) is 0 Å². The second kappa shape index (κ2) is 8.25. The number of halogens is 1. The fourth-order valence-electron chi connectivity index (χ4n) is 3.52. The van der Waals surface area contributed by atoms with Gasteiger partial charge in [-0.1, -0.05) is 24.3 Å². The summed E-state index contributed by atoms with van der Waals surface area (Å²) in [4.78, 5) is 14.6. The Morgan fingerprint density at radius 1 is 1.14 bits per heavy atom. The van der Waals surface area contributed by atoms with Crippen molar-refractivity contribution in [3.05, 3.63) is 83.7 Å². The van der Waals surface area contributed by atoms with Gasteiger partial charge in [0.2, 0.25) is 5.90 Å². The predicted molar refractivity (Wildman–Crippen MR) is 108 cm³/mol. The Kier molecular flexibility index (Phi) is 5.37. The van der Waals surface area contributed by atoms with Crippen LogP contribution in [0.1, 0.15) is 36.5 Å². The molecule has 3 aromatic rings. The molecule has 2 aromatic carbocycles. The largest absolute Gasteiger partial charge is 0.478 e. The molecule has 28 heavy (non-hydrogen) atoms. The highest BCUT2D eigenvalue weighted by atomic mass is 19.1. The number of rotatable bonds is 6. The van der Waals surface area contributed by atoms with E-state index in [-0.39, 0.29) is 12.0 Å². The third-order valence-electron chi connectivity index (χ3n) is 4.80. The molecule has 5 nitrogen and oxygen atoms in total. The summed E-state index contributed by atoms with van der Waals surface area (Å²) in [5, 5.41) is 0. The molecule has 1 aliphatic heterocycles. The molecular weight excluding hydrogens is 355 g/mol. The van der Waals surface area contributed by atoms with Crippen LogP contribution in [0.2, 0.25) is 0 Å². The first-order chi connectivity index (χ1) is 13.8. The molecule has 4 rings (SSSR count). The van der Waals surface area contributed by atoms with E-state index < -0.39 is 0 Å². The highest BCUT2D eigenvalue weighted by Gasteiger charge is 2.29. The Morgan fingerprint density at radius 3 is 2.71 bits per heavy atom. The number of nitrogens with one attached hydrogen (secondary N) is 1. The van der Waals surface area contributed by atoms with Crippen LogP contribution in [0.25, 0.3) is 0 Å². The quantitative estimate of drug-likeness (QED) is 0.688. The van der Waals surface area contributed by atoms with E-state index >= 15 is 0 Å². The summed E-state index contributed by atoms with van der Waals surface area (Å²) in [5.74, 6) is 1.36. The van der Waals surface area contributed by atoms with Crippen LogP contribution in [0.15, 0.2) is 65.9 Å². The summed E-state index contributed by atoms with van der Waals surface area (Å²) in [6.45, 7) is 3.29. The van der Waals surface area contributed by atoms with E-state index in [1.54, 1.807) is 18.3 Å². The van der Waals surface area contributed by atoms with Crippen LogP contribution in [-0.4, -0.2) is 29.0 Å². The minimum atomic E-state index is -0.256. The number of nitrogens with zero attached hydrogens (tertiary/aromatic N) is 3. The molecule has 0 spiro atoms. The zero-order valence-electron chi connectivity index (χ0n) is 15.8. The molecule has 0 saturated heterocycles. The van der Waals surface area contributed by atoms with Crippen molar-refractivity contribution in [2.24, 2.45) is 4.99 Å². The zero-order chi connectivity index (χ0) is 19.3. The molecule has 1 N–H and O–H groups in total. The minimum absolute atomic E-state index is 0.252. The highest BCUT2D eigenvalue weighted by molar-refractivity contribution is 6.01. The molecule has 0 saturated carbocycles. The van der Waals surface area contributed by atoms with E-state index in [1.807, 2.05) is 31.3 Å². The van der Waals surface area contributed by atoms with Crippen molar-refractivity contribution < 1.29 is 9.13 Å². The third-order valence-corrected chi connectivity index (χ3v) is 4.80. The van der Waals surface area contributed by atoms with Gasteiger partial charge >= 0.3 is 0 Å². The van der Waals surface area contributed by atoms with E-state index in [2.05, 4.69) is 20.9 Å². The summed E-state index contributed by atoms with van der Waals surface area (Å²) in [6.07, 6.45) is 5.12.